The lowest BCUT2D eigenvalue weighted by atomic mass is 10.1. The molecular weight excluding hydrogens is 231 g/mol. The number of alkyl halides is 3. The first-order valence-electron chi connectivity index (χ1n) is 5.46. The normalized spacial score (nSPS) is 27.2. The molecule has 0 spiro atoms. The van der Waals surface area contributed by atoms with Crippen molar-refractivity contribution in [3.05, 3.63) is 29.8 Å². The maximum atomic E-state index is 12.8. The van der Waals surface area contributed by atoms with Crippen molar-refractivity contribution >= 4 is 11.6 Å². The SMILES string of the molecule is O=C1C2CC2CN1c1ccccc1C(F)(F)F. The Labute approximate surface area is 96.0 Å². The van der Waals surface area contributed by atoms with Gasteiger partial charge in [0.05, 0.1) is 11.3 Å². The van der Waals surface area contributed by atoms with Crippen molar-refractivity contribution in [1.82, 2.24) is 0 Å². The van der Waals surface area contributed by atoms with Crippen LogP contribution in [0.4, 0.5) is 18.9 Å². The fourth-order valence-electron chi connectivity index (χ4n) is 2.44. The summed E-state index contributed by atoms with van der Waals surface area (Å²) in [5.41, 5.74) is -0.730. The van der Waals surface area contributed by atoms with Crippen molar-refractivity contribution in [3.8, 4) is 0 Å². The quantitative estimate of drug-likeness (QED) is 0.740. The molecule has 1 saturated heterocycles. The zero-order valence-electron chi connectivity index (χ0n) is 8.87. The molecule has 5 heteroatoms. The van der Waals surface area contributed by atoms with Crippen molar-refractivity contribution in [2.45, 2.75) is 12.6 Å². The summed E-state index contributed by atoms with van der Waals surface area (Å²) in [4.78, 5) is 13.1. The van der Waals surface area contributed by atoms with Gasteiger partial charge in [0.1, 0.15) is 0 Å². The number of para-hydroxylation sites is 1. The van der Waals surface area contributed by atoms with E-state index in [0.717, 1.165) is 12.5 Å². The summed E-state index contributed by atoms with van der Waals surface area (Å²) in [6.45, 7) is 0.427. The van der Waals surface area contributed by atoms with Crippen LogP contribution in [0.25, 0.3) is 0 Å². The van der Waals surface area contributed by atoms with Gasteiger partial charge in [-0.3, -0.25) is 4.79 Å². The summed E-state index contributed by atoms with van der Waals surface area (Å²) < 4.78 is 38.4. The van der Waals surface area contributed by atoms with E-state index in [-0.39, 0.29) is 23.4 Å². The summed E-state index contributed by atoms with van der Waals surface area (Å²) in [7, 11) is 0. The van der Waals surface area contributed by atoms with Crippen LogP contribution in [-0.2, 0) is 11.0 Å². The summed E-state index contributed by atoms with van der Waals surface area (Å²) in [5.74, 6) is 0.0757. The number of fused-ring (bicyclic) bond motifs is 1. The Balaban J connectivity index is 2.01. The highest BCUT2D eigenvalue weighted by Gasteiger charge is 2.53. The van der Waals surface area contributed by atoms with Gasteiger partial charge in [0.25, 0.3) is 0 Å². The lowest BCUT2D eigenvalue weighted by molar-refractivity contribution is -0.137. The van der Waals surface area contributed by atoms with Gasteiger partial charge in [-0.2, -0.15) is 13.2 Å². The third-order valence-electron chi connectivity index (χ3n) is 3.42. The number of hydrogen-bond donors (Lipinski definition) is 0. The van der Waals surface area contributed by atoms with Gasteiger partial charge in [0.2, 0.25) is 5.91 Å². The number of piperidine rings is 1. The molecule has 90 valence electrons. The standard InChI is InChI=1S/C12H10F3NO/c13-12(14,15)9-3-1-2-4-10(9)16-6-7-5-8(7)11(16)17/h1-4,7-8H,5-6H2. The van der Waals surface area contributed by atoms with E-state index in [1.165, 1.54) is 23.1 Å². The van der Waals surface area contributed by atoms with Crippen LogP contribution in [0.2, 0.25) is 0 Å². The van der Waals surface area contributed by atoms with Gasteiger partial charge in [-0.05, 0) is 24.5 Å². The molecule has 1 aromatic rings. The maximum Gasteiger partial charge on any atom is 0.418 e. The lowest BCUT2D eigenvalue weighted by Gasteiger charge is -2.22. The van der Waals surface area contributed by atoms with E-state index in [4.69, 9.17) is 0 Å². The number of carbonyl (C=O) groups excluding carboxylic acids is 1. The molecular formula is C12H10F3NO. The van der Waals surface area contributed by atoms with E-state index in [2.05, 4.69) is 0 Å². The number of nitrogens with zero attached hydrogens (tertiary/aromatic N) is 1. The number of anilines is 1. The molecule has 2 atom stereocenters. The number of benzene rings is 1. The smallest absolute Gasteiger partial charge is 0.311 e. The van der Waals surface area contributed by atoms with Crippen molar-refractivity contribution in [2.75, 3.05) is 11.4 Å². The minimum absolute atomic E-state index is 0.00259. The third-order valence-corrected chi connectivity index (χ3v) is 3.42. The van der Waals surface area contributed by atoms with E-state index in [0.29, 0.717) is 6.54 Å². The summed E-state index contributed by atoms with van der Waals surface area (Å²) >= 11 is 0. The highest BCUT2D eigenvalue weighted by Crippen LogP contribution is 2.49. The van der Waals surface area contributed by atoms with Crippen molar-refractivity contribution in [1.29, 1.82) is 0 Å². The number of amides is 1. The molecule has 2 unspecified atom stereocenters. The molecule has 0 aromatic heterocycles. The summed E-state index contributed by atoms with van der Waals surface area (Å²) in [6.07, 6.45) is -3.58. The van der Waals surface area contributed by atoms with Crippen molar-refractivity contribution in [2.24, 2.45) is 11.8 Å². The average Bonchev–Trinajstić information content (AvgIpc) is 2.97. The molecule has 0 radical (unpaired) electrons. The number of rotatable bonds is 1. The molecule has 2 nitrogen and oxygen atoms in total. The number of carbonyl (C=O) groups is 1. The van der Waals surface area contributed by atoms with Crippen molar-refractivity contribution < 1.29 is 18.0 Å². The maximum absolute atomic E-state index is 12.8. The number of hydrogen-bond acceptors (Lipinski definition) is 1. The Bertz CT molecular complexity index is 483. The zero-order chi connectivity index (χ0) is 12.2. The average molecular weight is 241 g/mol. The topological polar surface area (TPSA) is 20.3 Å². The third kappa shape index (κ3) is 1.61. The molecule has 17 heavy (non-hydrogen) atoms. The molecule has 1 saturated carbocycles. The fourth-order valence-corrected chi connectivity index (χ4v) is 2.44. The van der Waals surface area contributed by atoms with Gasteiger partial charge >= 0.3 is 6.18 Å². The highest BCUT2D eigenvalue weighted by atomic mass is 19.4. The fraction of sp³-hybridized carbons (Fsp3) is 0.417. The minimum atomic E-state index is -4.41. The molecule has 0 N–H and O–H groups in total. The second-order valence-corrected chi connectivity index (χ2v) is 4.57. The van der Waals surface area contributed by atoms with Gasteiger partial charge in [-0.15, -0.1) is 0 Å². The van der Waals surface area contributed by atoms with E-state index >= 15 is 0 Å². The van der Waals surface area contributed by atoms with Crippen LogP contribution in [0.3, 0.4) is 0 Å². The van der Waals surface area contributed by atoms with E-state index < -0.39 is 11.7 Å². The van der Waals surface area contributed by atoms with Gasteiger partial charge in [-0.1, -0.05) is 12.1 Å². The Hall–Kier alpha value is -1.52. The Morgan fingerprint density at radius 1 is 1.24 bits per heavy atom. The summed E-state index contributed by atoms with van der Waals surface area (Å²) in [5, 5.41) is 0. The van der Waals surface area contributed by atoms with E-state index in [1.54, 1.807) is 0 Å². The van der Waals surface area contributed by atoms with Gasteiger partial charge in [-0.25, -0.2) is 0 Å². The molecule has 1 aliphatic carbocycles. The van der Waals surface area contributed by atoms with Gasteiger partial charge < -0.3 is 4.90 Å². The second-order valence-electron chi connectivity index (χ2n) is 4.57. The van der Waals surface area contributed by atoms with Crippen molar-refractivity contribution in [3.63, 3.8) is 0 Å². The molecule has 2 fully saturated rings. The van der Waals surface area contributed by atoms with Crippen LogP contribution in [0.15, 0.2) is 24.3 Å². The largest absolute Gasteiger partial charge is 0.418 e. The van der Waals surface area contributed by atoms with E-state index in [1.807, 2.05) is 0 Å². The Morgan fingerprint density at radius 2 is 1.94 bits per heavy atom. The predicted octanol–water partition coefficient (Wildman–Crippen LogP) is 2.69. The molecule has 1 heterocycles. The van der Waals surface area contributed by atoms with Crippen LogP contribution in [0.1, 0.15) is 12.0 Å². The van der Waals surface area contributed by atoms with Crippen LogP contribution >= 0.6 is 0 Å². The molecule has 0 bridgehead atoms. The summed E-state index contributed by atoms with van der Waals surface area (Å²) in [6, 6.07) is 5.26. The lowest BCUT2D eigenvalue weighted by Crippen LogP contribution is -2.30. The minimum Gasteiger partial charge on any atom is -0.311 e. The predicted molar refractivity (Wildman–Crippen MR) is 55.4 cm³/mol. The molecule has 1 aliphatic heterocycles. The first-order valence-corrected chi connectivity index (χ1v) is 5.46. The molecule has 1 aromatic carbocycles. The van der Waals surface area contributed by atoms with Crippen LogP contribution in [0, 0.1) is 11.8 Å². The Morgan fingerprint density at radius 3 is 2.53 bits per heavy atom. The highest BCUT2D eigenvalue weighted by molar-refractivity contribution is 6.00. The van der Waals surface area contributed by atoms with Crippen LogP contribution in [-0.4, -0.2) is 12.5 Å². The van der Waals surface area contributed by atoms with E-state index in [9.17, 15) is 18.0 Å². The molecule has 1 amide bonds. The first-order chi connectivity index (χ1) is 7.98. The van der Waals surface area contributed by atoms with Crippen LogP contribution < -0.4 is 4.90 Å². The molecule has 3 rings (SSSR count). The van der Waals surface area contributed by atoms with Gasteiger partial charge in [0.15, 0.2) is 0 Å². The Kier molecular flexibility index (Phi) is 2.03. The van der Waals surface area contributed by atoms with Crippen LogP contribution in [0.5, 0.6) is 0 Å². The zero-order valence-corrected chi connectivity index (χ0v) is 8.87. The molecule has 2 aliphatic rings. The monoisotopic (exact) mass is 241 g/mol. The van der Waals surface area contributed by atoms with Gasteiger partial charge in [0, 0.05) is 12.5 Å². The first kappa shape index (κ1) is 10.6. The number of halogens is 3. The second kappa shape index (κ2) is 3.24.